The zero-order valence-corrected chi connectivity index (χ0v) is 9.47. The van der Waals surface area contributed by atoms with Gasteiger partial charge in [-0.05, 0) is 34.9 Å². The van der Waals surface area contributed by atoms with Gasteiger partial charge in [-0.2, -0.15) is 0 Å². The Hall–Kier alpha value is 0.430. The van der Waals surface area contributed by atoms with Crippen molar-refractivity contribution in [3.05, 3.63) is 9.66 Å². The number of aliphatic hydroxyl groups excluding tert-OH is 1. The number of aliphatic hydroxyl groups is 1. The van der Waals surface area contributed by atoms with Crippen molar-refractivity contribution in [1.29, 1.82) is 0 Å². The predicted molar refractivity (Wildman–Crippen MR) is 57.9 cm³/mol. The maximum absolute atomic E-state index is 8.73. The molecule has 0 aliphatic heterocycles. The maximum atomic E-state index is 8.73. The zero-order valence-electron chi connectivity index (χ0n) is 7.31. The summed E-state index contributed by atoms with van der Waals surface area (Å²) < 4.78 is 1.06. The van der Waals surface area contributed by atoms with Crippen molar-refractivity contribution in [2.75, 3.05) is 6.61 Å². The molecule has 2 heteroatoms. The Morgan fingerprint density at radius 1 is 1.64 bits per heavy atom. The molecule has 0 aliphatic rings. The Kier molecular flexibility index (Phi) is 7.38. The quantitative estimate of drug-likeness (QED) is 0.759. The molecular formula is C9H17IO. The number of hydrogen-bond acceptors (Lipinski definition) is 1. The van der Waals surface area contributed by atoms with Gasteiger partial charge in [-0.25, -0.2) is 0 Å². The second-order valence-corrected chi connectivity index (χ2v) is 4.28. The summed E-state index contributed by atoms with van der Waals surface area (Å²) in [7, 11) is 0. The molecule has 66 valence electrons. The van der Waals surface area contributed by atoms with Crippen LogP contribution < -0.4 is 0 Å². The highest BCUT2D eigenvalue weighted by molar-refractivity contribution is 14.1. The van der Waals surface area contributed by atoms with Crippen molar-refractivity contribution in [3.63, 3.8) is 0 Å². The summed E-state index contributed by atoms with van der Waals surface area (Å²) in [5, 5.41) is 8.73. The summed E-state index contributed by atoms with van der Waals surface area (Å²) >= 11 is 2.18. The van der Waals surface area contributed by atoms with Gasteiger partial charge in [0.15, 0.2) is 0 Å². The molecule has 0 heterocycles. The van der Waals surface area contributed by atoms with Gasteiger partial charge in [-0.3, -0.25) is 0 Å². The monoisotopic (exact) mass is 268 g/mol. The normalized spacial score (nSPS) is 15.1. The molecule has 1 atom stereocenters. The van der Waals surface area contributed by atoms with Crippen LogP contribution in [-0.4, -0.2) is 11.7 Å². The number of hydrogen-bond donors (Lipinski definition) is 1. The molecule has 0 aromatic carbocycles. The lowest BCUT2D eigenvalue weighted by Crippen LogP contribution is -1.91. The fourth-order valence-corrected chi connectivity index (χ4v) is 1.58. The van der Waals surface area contributed by atoms with E-state index >= 15 is 0 Å². The van der Waals surface area contributed by atoms with Crippen LogP contribution in [-0.2, 0) is 0 Å². The van der Waals surface area contributed by atoms with E-state index in [0.717, 1.165) is 3.58 Å². The maximum Gasteiger partial charge on any atom is 0.0735 e. The van der Waals surface area contributed by atoms with E-state index in [1.165, 1.54) is 19.3 Å². The zero-order chi connectivity index (χ0) is 8.69. The van der Waals surface area contributed by atoms with Gasteiger partial charge < -0.3 is 5.11 Å². The molecule has 0 aliphatic carbocycles. The lowest BCUT2D eigenvalue weighted by molar-refractivity contribution is 0.340. The van der Waals surface area contributed by atoms with E-state index in [2.05, 4.69) is 42.5 Å². The van der Waals surface area contributed by atoms with Crippen LogP contribution in [0.3, 0.4) is 0 Å². The van der Waals surface area contributed by atoms with Crippen LogP contribution in [0.4, 0.5) is 0 Å². The molecule has 0 bridgehead atoms. The summed E-state index contributed by atoms with van der Waals surface area (Å²) in [4.78, 5) is 0. The van der Waals surface area contributed by atoms with Crippen molar-refractivity contribution in [1.82, 2.24) is 0 Å². The van der Waals surface area contributed by atoms with Gasteiger partial charge >= 0.3 is 0 Å². The lowest BCUT2D eigenvalue weighted by atomic mass is 10.0. The van der Waals surface area contributed by atoms with Crippen molar-refractivity contribution in [3.8, 4) is 0 Å². The summed E-state index contributed by atoms with van der Waals surface area (Å²) in [6, 6.07) is 0. The van der Waals surface area contributed by atoms with E-state index in [1.807, 2.05) is 0 Å². The van der Waals surface area contributed by atoms with E-state index in [0.29, 0.717) is 5.92 Å². The first-order valence-corrected chi connectivity index (χ1v) is 5.25. The van der Waals surface area contributed by atoms with Gasteiger partial charge in [0.25, 0.3) is 0 Å². The highest BCUT2D eigenvalue weighted by Crippen LogP contribution is 2.14. The third-order valence-electron chi connectivity index (χ3n) is 1.63. The first-order chi connectivity index (χ1) is 5.20. The second kappa shape index (κ2) is 7.10. The van der Waals surface area contributed by atoms with Crippen LogP contribution in [0.15, 0.2) is 9.66 Å². The topological polar surface area (TPSA) is 20.2 Å². The third kappa shape index (κ3) is 6.81. The van der Waals surface area contributed by atoms with E-state index in [4.69, 9.17) is 5.11 Å². The number of unbranched alkanes of at least 4 members (excludes halogenated alkanes) is 1. The minimum atomic E-state index is 0.191. The van der Waals surface area contributed by atoms with Crippen molar-refractivity contribution >= 4 is 22.6 Å². The molecule has 0 aromatic rings. The van der Waals surface area contributed by atoms with Crippen molar-refractivity contribution < 1.29 is 5.11 Å². The van der Waals surface area contributed by atoms with Crippen LogP contribution in [0.5, 0.6) is 0 Å². The van der Waals surface area contributed by atoms with Gasteiger partial charge in [-0.1, -0.05) is 32.8 Å². The van der Waals surface area contributed by atoms with Crippen LogP contribution in [0.2, 0.25) is 0 Å². The Labute approximate surface area is 83.0 Å². The molecule has 0 fully saturated rings. The molecule has 1 N–H and O–H groups in total. The highest BCUT2D eigenvalue weighted by Gasteiger charge is 1.97. The Bertz CT molecular complexity index is 121. The average molecular weight is 268 g/mol. The molecule has 0 saturated heterocycles. The minimum absolute atomic E-state index is 0.191. The van der Waals surface area contributed by atoms with E-state index in [9.17, 15) is 0 Å². The van der Waals surface area contributed by atoms with Gasteiger partial charge in [0.05, 0.1) is 6.61 Å². The van der Waals surface area contributed by atoms with Crippen LogP contribution in [0, 0.1) is 5.92 Å². The van der Waals surface area contributed by atoms with Gasteiger partial charge in [0, 0.05) is 3.58 Å². The van der Waals surface area contributed by atoms with Crippen LogP contribution in [0.25, 0.3) is 0 Å². The second-order valence-electron chi connectivity index (χ2n) is 2.89. The van der Waals surface area contributed by atoms with Crippen LogP contribution in [0.1, 0.15) is 33.1 Å². The van der Waals surface area contributed by atoms with Gasteiger partial charge in [-0.15, -0.1) is 0 Å². The van der Waals surface area contributed by atoms with E-state index in [1.54, 1.807) is 0 Å². The largest absolute Gasteiger partial charge is 0.391 e. The lowest BCUT2D eigenvalue weighted by Gasteiger charge is -2.04. The van der Waals surface area contributed by atoms with E-state index < -0.39 is 0 Å². The van der Waals surface area contributed by atoms with Gasteiger partial charge in [0.2, 0.25) is 0 Å². The van der Waals surface area contributed by atoms with Crippen molar-refractivity contribution in [2.45, 2.75) is 33.1 Å². The Morgan fingerprint density at radius 3 is 2.73 bits per heavy atom. The summed E-state index contributed by atoms with van der Waals surface area (Å²) in [6.45, 7) is 4.59. The molecule has 0 spiro atoms. The molecule has 0 saturated carbocycles. The molecule has 1 nitrogen and oxygen atoms in total. The van der Waals surface area contributed by atoms with Crippen molar-refractivity contribution in [2.24, 2.45) is 5.92 Å². The standard InChI is InChI=1S/C9H17IO/c1-3-4-5-8(2)6-9(10)7-11/h6,8,11H,3-5,7H2,1-2H3/b9-6+/t8-/m1/s1. The Morgan fingerprint density at radius 2 is 2.27 bits per heavy atom. The van der Waals surface area contributed by atoms with Gasteiger partial charge in [0.1, 0.15) is 0 Å². The number of halogens is 1. The molecule has 0 aromatic heterocycles. The fourth-order valence-electron chi connectivity index (χ4n) is 0.971. The van der Waals surface area contributed by atoms with E-state index in [-0.39, 0.29) is 6.61 Å². The molecule has 11 heavy (non-hydrogen) atoms. The smallest absolute Gasteiger partial charge is 0.0735 e. The third-order valence-corrected chi connectivity index (χ3v) is 2.33. The molecule has 0 unspecified atom stereocenters. The highest BCUT2D eigenvalue weighted by atomic mass is 127. The molecule has 0 rings (SSSR count). The first-order valence-electron chi connectivity index (χ1n) is 4.17. The first kappa shape index (κ1) is 11.4. The SMILES string of the molecule is CCCC[C@@H](C)/C=C(/I)CO. The molecule has 0 amide bonds. The number of rotatable bonds is 5. The Balaban J connectivity index is 3.57. The predicted octanol–water partition coefficient (Wildman–Crippen LogP) is 3.12. The average Bonchev–Trinajstić information content (AvgIpc) is 2.00. The summed E-state index contributed by atoms with van der Waals surface area (Å²) in [5.41, 5.74) is 0. The minimum Gasteiger partial charge on any atom is -0.391 e. The van der Waals surface area contributed by atoms with Crippen LogP contribution >= 0.6 is 22.6 Å². The fraction of sp³-hybridized carbons (Fsp3) is 0.778. The summed E-state index contributed by atoms with van der Waals surface area (Å²) in [6.07, 6.45) is 5.93. The molecule has 0 radical (unpaired) electrons. The molecular weight excluding hydrogens is 251 g/mol. The summed E-state index contributed by atoms with van der Waals surface area (Å²) in [5.74, 6) is 0.619. The number of allylic oxidation sites excluding steroid dienone is 1.